The SMILES string of the molecule is CC[C@H](C)[C@H](C[C@H](O)CC(=O)O[C@@H]1[C@H](OC(C)=O)[C@@H](O[C@@H]2O[C@@H](C)[C@H](OC3=C(O)[C@@H](O[C@@H]4OC[C@](O)(CO)[C@H]4O)[C@H](O)CO3)[C@@H](O)[C@H]2O)[C@H](OC(=O)[C@]23CCC(C)(C)C[C@H]2C2=CC[C@@H]4[C@@]5(C)CC[C@H](O[C@@H]6O[C@H](C(=O)O)[C@@H](O)[C@H](O[C@@H]7O[C@@H](C)[C@H](O)[C@@H](O)[C@H]7O)[C@H]6O[C@@H]6O[C@H](CO)[C@H](O)[C@H](O)[C@H]6O)[C@@](C)(C=O)[C@@H]5CC[C@@]4(C)[C@]2(C)CC3)O[C@@H]1C)OC(=O)C[C@@H](O)C[C@H](O[C@@H]1O[C@@H](CO)[C@H](O)[C@H]1O)[C@@H](C)CC. The standard InChI is InChI=1S/C95H150O46/c1-15-38(3)49(129-56(104)29-45(102)28-50(39(4)16-2)130-83-64(112)60(108)52(33-97)131-83)27-44(101)30-57(105)134-71-42(7)127-85(77(75(71)128-43(8)100)140-82-67(115)63(111)70(41(6)126-82)135-80-69(117)72(48(103)34-123-80)136-87-78(118)95(122,36-99)37-124-87)141-88(121)94-25-23-89(9,10)31-47(94)46-17-18-54-90(11)21-20-55(91(12,35-98)53(90)19-22-93(54,14)92(46,13)24-26-94)133-86-76(139-84-66(114)62(110)59(107)51(32-96)132-84)73(68(116)74(138-86)79(119)120)137-81-65(113)61(109)58(106)40(5)125-81/h17,35,38-42,44-45,47-55,58-68,70-78,81-87,96-97,99,101-103,106-118,122H,15-16,18-34,36-37H2,1-14H3,(H,119,120)/t38-,39-,40-,41-,42+,44-,45-,47-,48+,49-,50-,51+,52-,53+,54+,55-,58-,59-,60-,61+,62-,63-,64+,65+,66+,67+,68-,70-,71-,72-,73-,74-,75-,76+,77+,78-,81-,82-,83+,84-,85-,86+,87-,90-,91-,92+,93+,94-,95+/m0/s1. The summed E-state index contributed by atoms with van der Waals surface area (Å²) in [5.41, 5.74) is -6.52. The number of ether oxygens (including phenoxy) is 19. The van der Waals surface area contributed by atoms with E-state index in [1.165, 1.54) is 20.8 Å². The van der Waals surface area contributed by atoms with Gasteiger partial charge in [-0.25, -0.2) is 4.79 Å². The molecule has 4 saturated carbocycles. The molecule has 0 unspecified atom stereocenters. The number of esters is 4. The summed E-state index contributed by atoms with van der Waals surface area (Å²) >= 11 is 0. The van der Waals surface area contributed by atoms with Crippen LogP contribution in [0.3, 0.4) is 0 Å². The van der Waals surface area contributed by atoms with E-state index in [0.29, 0.717) is 57.8 Å². The van der Waals surface area contributed by atoms with Gasteiger partial charge in [-0.3, -0.25) is 19.2 Å². The van der Waals surface area contributed by atoms with Crippen molar-refractivity contribution in [1.82, 2.24) is 0 Å². The van der Waals surface area contributed by atoms with E-state index in [0.717, 1.165) is 18.8 Å². The first-order valence-corrected chi connectivity index (χ1v) is 49.3. The number of rotatable bonds is 36. The fourth-order valence-electron chi connectivity index (χ4n) is 24.3. The second-order valence-electron chi connectivity index (χ2n) is 43.2. The molecule has 141 heavy (non-hydrogen) atoms. The van der Waals surface area contributed by atoms with Crippen molar-refractivity contribution in [2.24, 2.45) is 62.1 Å². The summed E-state index contributed by atoms with van der Waals surface area (Å²) in [6.07, 6.45) is -60.7. The number of hydrogen-bond donors (Lipinski definition) is 21. The van der Waals surface area contributed by atoms with Crippen molar-refractivity contribution in [3.05, 3.63) is 23.4 Å². The fraction of sp³-hybridized carbons (Fsp3) is 0.895. The van der Waals surface area contributed by atoms with Crippen LogP contribution >= 0.6 is 0 Å². The topological polar surface area (TPSA) is 703 Å². The van der Waals surface area contributed by atoms with E-state index in [4.69, 9.17) is 90.0 Å². The zero-order chi connectivity index (χ0) is 104. The van der Waals surface area contributed by atoms with Crippen LogP contribution in [0.2, 0.25) is 0 Å². The van der Waals surface area contributed by atoms with Gasteiger partial charge in [0.05, 0.1) is 92.8 Å². The van der Waals surface area contributed by atoms with Crippen LogP contribution in [0.15, 0.2) is 23.4 Å². The molecule has 0 amide bonds. The van der Waals surface area contributed by atoms with Crippen molar-refractivity contribution >= 4 is 36.1 Å². The van der Waals surface area contributed by atoms with E-state index in [1.54, 1.807) is 27.7 Å². The van der Waals surface area contributed by atoms with Crippen LogP contribution in [0.4, 0.5) is 0 Å². The van der Waals surface area contributed by atoms with Crippen molar-refractivity contribution in [2.75, 3.05) is 33.0 Å². The highest BCUT2D eigenvalue weighted by Gasteiger charge is 2.72. The normalized spacial score (nSPS) is 46.8. The van der Waals surface area contributed by atoms with Crippen LogP contribution < -0.4 is 0 Å². The molecule has 8 heterocycles. The maximum absolute atomic E-state index is 16.5. The van der Waals surface area contributed by atoms with E-state index in [9.17, 15) is 131 Å². The molecule has 13 rings (SSSR count). The van der Waals surface area contributed by atoms with E-state index in [-0.39, 0.29) is 43.9 Å². The monoisotopic (exact) mass is 2030 g/mol. The van der Waals surface area contributed by atoms with Crippen molar-refractivity contribution in [3.8, 4) is 0 Å². The van der Waals surface area contributed by atoms with Gasteiger partial charge in [0.2, 0.25) is 12.0 Å². The summed E-state index contributed by atoms with van der Waals surface area (Å²) < 4.78 is 116. The van der Waals surface area contributed by atoms with Crippen LogP contribution in [0.25, 0.3) is 0 Å². The number of aliphatic hydroxyl groups excluding tert-OH is 19. The first kappa shape index (κ1) is 113. The molecule has 0 aromatic heterocycles. The van der Waals surface area contributed by atoms with Gasteiger partial charge in [-0.2, -0.15) is 0 Å². The molecule has 0 spiro atoms. The molecule has 11 fully saturated rings. The minimum absolute atomic E-state index is 0.0768. The van der Waals surface area contributed by atoms with Gasteiger partial charge in [0.25, 0.3) is 0 Å². The van der Waals surface area contributed by atoms with Crippen molar-refractivity contribution in [3.63, 3.8) is 0 Å². The molecule has 21 N–H and O–H groups in total. The molecular formula is C95H150O46. The van der Waals surface area contributed by atoms with Gasteiger partial charge in [0.1, 0.15) is 128 Å². The zero-order valence-corrected chi connectivity index (χ0v) is 81.9. The Morgan fingerprint density at radius 1 is 0.546 bits per heavy atom. The molecule has 8 aliphatic heterocycles. The summed E-state index contributed by atoms with van der Waals surface area (Å²) in [6.45, 7) is 21.0. The second-order valence-corrected chi connectivity index (χ2v) is 43.2. The first-order chi connectivity index (χ1) is 66.2. The molecule has 46 nitrogen and oxygen atoms in total. The van der Waals surface area contributed by atoms with E-state index < -0.39 is 377 Å². The van der Waals surface area contributed by atoms with Crippen LogP contribution in [0.1, 0.15) is 200 Å². The largest absolute Gasteiger partial charge is 0.504 e. The lowest BCUT2D eigenvalue weighted by Gasteiger charge is -2.71. The van der Waals surface area contributed by atoms with Gasteiger partial charge in [0.15, 0.2) is 74.4 Å². The highest BCUT2D eigenvalue weighted by atomic mass is 16.8. The Kier molecular flexibility index (Phi) is 35.8. The van der Waals surface area contributed by atoms with Gasteiger partial charge in [-0.1, -0.05) is 93.7 Å². The quantitative estimate of drug-likeness (QED) is 0.0100. The average molecular weight is 2030 g/mol. The second kappa shape index (κ2) is 44.8. The molecule has 0 aromatic carbocycles. The van der Waals surface area contributed by atoms with Crippen LogP contribution in [-0.2, 0) is 119 Å². The predicted molar refractivity (Wildman–Crippen MR) is 471 cm³/mol. The highest BCUT2D eigenvalue weighted by Crippen LogP contribution is 2.76. The molecule has 0 aromatic rings. The maximum atomic E-state index is 16.5. The van der Waals surface area contributed by atoms with Crippen molar-refractivity contribution in [1.29, 1.82) is 0 Å². The number of carbonyl (C=O) groups excluding carboxylic acids is 5. The average Bonchev–Trinajstić information content (AvgIpc) is 0.890. The van der Waals surface area contributed by atoms with Crippen LogP contribution in [0.5, 0.6) is 0 Å². The number of carbonyl (C=O) groups is 6. The smallest absolute Gasteiger partial charge is 0.335 e. The third-order valence-electron chi connectivity index (χ3n) is 33.6. The summed E-state index contributed by atoms with van der Waals surface area (Å²) in [5.74, 6) is -9.36. The summed E-state index contributed by atoms with van der Waals surface area (Å²) in [6, 6.07) is 0. The lowest BCUT2D eigenvalue weighted by atomic mass is 9.33. The van der Waals surface area contributed by atoms with Gasteiger partial charge in [0, 0.05) is 19.8 Å². The van der Waals surface area contributed by atoms with Crippen LogP contribution in [0, 0.1) is 62.1 Å². The molecule has 0 radical (unpaired) electrons. The Bertz CT molecular complexity index is 4310. The third-order valence-corrected chi connectivity index (χ3v) is 33.6. The molecule has 13 aliphatic rings. The van der Waals surface area contributed by atoms with E-state index >= 15 is 4.79 Å². The lowest BCUT2D eigenvalue weighted by Crippen LogP contribution is -2.69. The molecule has 49 atom stereocenters. The Balaban J connectivity index is 0.765. The summed E-state index contributed by atoms with van der Waals surface area (Å²) in [7, 11) is 0. The molecule has 7 saturated heterocycles. The van der Waals surface area contributed by atoms with Crippen molar-refractivity contribution in [2.45, 2.75) is 439 Å². The number of aliphatic hydroxyl groups is 20. The number of carboxylic acids is 1. The van der Waals surface area contributed by atoms with Gasteiger partial charge < -0.3 is 202 Å². The number of carboxylic acid groups (broad SMARTS) is 1. The minimum atomic E-state index is -2.26. The molecule has 0 bridgehead atoms. The number of allylic oxidation sites excluding steroid dienone is 2. The van der Waals surface area contributed by atoms with Crippen molar-refractivity contribution < 1.29 is 226 Å². The minimum Gasteiger partial charge on any atom is -0.504 e. The maximum Gasteiger partial charge on any atom is 0.335 e. The third kappa shape index (κ3) is 22.2. The number of aliphatic carboxylic acids is 1. The number of fused-ring (bicyclic) bond motifs is 7. The number of hydrogen-bond acceptors (Lipinski definition) is 45. The predicted octanol–water partition coefficient (Wildman–Crippen LogP) is -2.66. The van der Waals surface area contributed by atoms with E-state index in [2.05, 4.69) is 40.7 Å². The Labute approximate surface area is 815 Å². The Morgan fingerprint density at radius 2 is 1.10 bits per heavy atom. The molecule has 806 valence electrons. The van der Waals surface area contributed by atoms with Gasteiger partial charge >= 0.3 is 35.8 Å². The summed E-state index contributed by atoms with van der Waals surface area (Å²) in [4.78, 5) is 86.5. The molecule has 46 heteroatoms. The van der Waals surface area contributed by atoms with E-state index in [1.807, 2.05) is 6.92 Å². The zero-order valence-electron chi connectivity index (χ0n) is 81.9. The van der Waals surface area contributed by atoms with Crippen LogP contribution in [-0.4, -0.2) is 415 Å². The molecular weight excluding hydrogens is 1880 g/mol. The fourth-order valence-corrected chi connectivity index (χ4v) is 24.3. The lowest BCUT2D eigenvalue weighted by molar-refractivity contribution is -0.394. The highest BCUT2D eigenvalue weighted by molar-refractivity contribution is 5.79. The first-order valence-electron chi connectivity index (χ1n) is 49.3. The Hall–Kier alpha value is -5.38. The van der Waals surface area contributed by atoms with Gasteiger partial charge in [-0.15, -0.1) is 0 Å². The number of aldehydes is 1. The Morgan fingerprint density at radius 3 is 1.71 bits per heavy atom. The van der Waals surface area contributed by atoms with Gasteiger partial charge in [-0.05, 0) is 136 Å². The summed E-state index contributed by atoms with van der Waals surface area (Å²) in [5, 5.41) is 231. The molecule has 5 aliphatic carbocycles.